The number of likely N-dealkylation sites (tertiary alicyclic amines) is 1. The van der Waals surface area contributed by atoms with E-state index in [9.17, 15) is 0 Å². The Morgan fingerprint density at radius 3 is 2.68 bits per heavy atom. The van der Waals surface area contributed by atoms with Gasteiger partial charge in [0.1, 0.15) is 29.6 Å². The van der Waals surface area contributed by atoms with E-state index in [1.165, 1.54) is 37.9 Å². The molecule has 0 radical (unpaired) electrons. The summed E-state index contributed by atoms with van der Waals surface area (Å²) in [5.41, 5.74) is 2.00. The predicted molar refractivity (Wildman–Crippen MR) is 94.7 cm³/mol. The van der Waals surface area contributed by atoms with Gasteiger partial charge in [0.05, 0.1) is 7.11 Å². The van der Waals surface area contributed by atoms with Gasteiger partial charge in [0.2, 0.25) is 0 Å². The zero-order chi connectivity index (χ0) is 17.2. The van der Waals surface area contributed by atoms with Crippen molar-refractivity contribution in [2.75, 3.05) is 20.2 Å². The molecular formula is C20H26N2O3. The number of rotatable bonds is 6. The number of nitrogens with zero attached hydrogens (tertiary/aromatic N) is 2. The average Bonchev–Trinajstić information content (AvgIpc) is 3.29. The van der Waals surface area contributed by atoms with Gasteiger partial charge in [-0.25, -0.2) is 0 Å². The van der Waals surface area contributed by atoms with Crippen LogP contribution in [0.25, 0.3) is 0 Å². The van der Waals surface area contributed by atoms with E-state index >= 15 is 0 Å². The molecule has 1 saturated carbocycles. The van der Waals surface area contributed by atoms with Crippen molar-refractivity contribution in [3.05, 3.63) is 41.3 Å². The monoisotopic (exact) mass is 342 g/mol. The second-order valence-electron chi connectivity index (χ2n) is 7.34. The lowest BCUT2D eigenvalue weighted by atomic mass is 10.0. The molecule has 5 nitrogen and oxygen atoms in total. The van der Waals surface area contributed by atoms with Crippen LogP contribution in [0.1, 0.15) is 36.3 Å². The average molecular weight is 342 g/mol. The second kappa shape index (κ2) is 7.08. The first-order valence-electron chi connectivity index (χ1n) is 9.15. The summed E-state index contributed by atoms with van der Waals surface area (Å²) in [6.45, 7) is 5.66. The van der Waals surface area contributed by atoms with Crippen LogP contribution < -0.4 is 9.47 Å². The van der Waals surface area contributed by atoms with Crippen LogP contribution in [0.5, 0.6) is 11.5 Å². The molecule has 2 heterocycles. The number of hydrogen-bond donors (Lipinski definition) is 0. The minimum Gasteiger partial charge on any atom is -0.496 e. The van der Waals surface area contributed by atoms with Gasteiger partial charge in [0.25, 0.3) is 0 Å². The first-order chi connectivity index (χ1) is 12.2. The van der Waals surface area contributed by atoms with Crippen LogP contribution in [0.4, 0.5) is 0 Å². The molecule has 2 atom stereocenters. The van der Waals surface area contributed by atoms with E-state index in [0.29, 0.717) is 6.61 Å². The van der Waals surface area contributed by atoms with Gasteiger partial charge in [-0.1, -0.05) is 11.6 Å². The Kier molecular flexibility index (Phi) is 4.66. The summed E-state index contributed by atoms with van der Waals surface area (Å²) < 4.78 is 16.5. The molecule has 0 bridgehead atoms. The van der Waals surface area contributed by atoms with Gasteiger partial charge in [-0.2, -0.15) is 0 Å². The fraction of sp³-hybridized carbons (Fsp3) is 0.550. The topological polar surface area (TPSA) is 47.7 Å². The molecule has 0 unspecified atom stereocenters. The van der Waals surface area contributed by atoms with Gasteiger partial charge >= 0.3 is 0 Å². The quantitative estimate of drug-likeness (QED) is 0.799. The van der Waals surface area contributed by atoms with E-state index in [-0.39, 0.29) is 0 Å². The third kappa shape index (κ3) is 3.66. The molecule has 25 heavy (non-hydrogen) atoms. The van der Waals surface area contributed by atoms with E-state index in [2.05, 4.69) is 16.1 Å². The lowest BCUT2D eigenvalue weighted by Crippen LogP contribution is -2.21. The Hall–Kier alpha value is -2.01. The van der Waals surface area contributed by atoms with Crippen molar-refractivity contribution in [1.29, 1.82) is 0 Å². The van der Waals surface area contributed by atoms with Crippen molar-refractivity contribution in [2.24, 2.45) is 11.8 Å². The van der Waals surface area contributed by atoms with Crippen LogP contribution >= 0.6 is 0 Å². The molecule has 0 spiro atoms. The van der Waals surface area contributed by atoms with Crippen LogP contribution in [0, 0.1) is 18.8 Å². The molecule has 1 saturated heterocycles. The Labute approximate surface area is 148 Å². The number of benzene rings is 1. The molecule has 134 valence electrons. The second-order valence-corrected chi connectivity index (χ2v) is 7.34. The van der Waals surface area contributed by atoms with Crippen LogP contribution in [0.2, 0.25) is 0 Å². The maximum atomic E-state index is 5.89. The summed E-state index contributed by atoms with van der Waals surface area (Å²) in [5, 5.41) is 3.97. The molecule has 0 amide bonds. The number of methoxy groups -OCH3 is 1. The summed E-state index contributed by atoms with van der Waals surface area (Å²) in [6.07, 6.45) is 4.22. The Balaban J connectivity index is 1.43. The molecule has 1 aliphatic heterocycles. The Bertz CT molecular complexity index is 715. The number of ether oxygens (including phenoxy) is 2. The van der Waals surface area contributed by atoms with Crippen molar-refractivity contribution < 1.29 is 14.0 Å². The lowest BCUT2D eigenvalue weighted by Gasteiger charge is -2.19. The summed E-state index contributed by atoms with van der Waals surface area (Å²) >= 11 is 0. The Morgan fingerprint density at radius 1 is 1.20 bits per heavy atom. The van der Waals surface area contributed by atoms with Gasteiger partial charge in [-0.3, -0.25) is 4.90 Å². The maximum Gasteiger partial charge on any atom is 0.134 e. The number of fused-ring (bicyclic) bond motifs is 1. The number of aryl methyl sites for hydroxylation is 1. The highest BCUT2D eigenvalue weighted by atomic mass is 16.5. The first kappa shape index (κ1) is 16.5. The molecule has 4 rings (SSSR count). The molecule has 5 heteroatoms. The van der Waals surface area contributed by atoms with Crippen molar-refractivity contribution in [1.82, 2.24) is 10.1 Å². The third-order valence-corrected chi connectivity index (χ3v) is 5.51. The van der Waals surface area contributed by atoms with Gasteiger partial charge in [-0.15, -0.1) is 0 Å². The van der Waals surface area contributed by atoms with E-state index in [4.69, 9.17) is 14.0 Å². The van der Waals surface area contributed by atoms with E-state index in [1.54, 1.807) is 7.11 Å². The van der Waals surface area contributed by atoms with Crippen LogP contribution in [-0.2, 0) is 13.2 Å². The van der Waals surface area contributed by atoms with Gasteiger partial charge in [-0.05, 0) is 49.8 Å². The normalized spacial score (nSPS) is 23.0. The van der Waals surface area contributed by atoms with Crippen LogP contribution in [0.15, 0.2) is 28.8 Å². The minimum absolute atomic E-state index is 0.414. The van der Waals surface area contributed by atoms with E-state index < -0.39 is 0 Å². The van der Waals surface area contributed by atoms with Gasteiger partial charge < -0.3 is 14.0 Å². The predicted octanol–water partition coefficient (Wildman–Crippen LogP) is 3.80. The van der Waals surface area contributed by atoms with Gasteiger partial charge in [0, 0.05) is 31.3 Å². The van der Waals surface area contributed by atoms with Crippen molar-refractivity contribution >= 4 is 0 Å². The SMILES string of the molecule is COc1ccc(OCc2cc(C)on2)cc1CN1C[C@H]2CCC[C@H]2C1. The largest absolute Gasteiger partial charge is 0.496 e. The fourth-order valence-electron chi connectivity index (χ4n) is 4.31. The lowest BCUT2D eigenvalue weighted by molar-refractivity contribution is 0.281. The molecule has 1 aliphatic carbocycles. The van der Waals surface area contributed by atoms with Crippen molar-refractivity contribution in [3.8, 4) is 11.5 Å². The number of hydrogen-bond acceptors (Lipinski definition) is 5. The van der Waals surface area contributed by atoms with Crippen molar-refractivity contribution in [3.63, 3.8) is 0 Å². The highest BCUT2D eigenvalue weighted by Crippen LogP contribution is 2.39. The zero-order valence-electron chi connectivity index (χ0n) is 15.0. The molecule has 2 aliphatic rings. The van der Waals surface area contributed by atoms with Crippen LogP contribution in [0.3, 0.4) is 0 Å². The molecule has 2 fully saturated rings. The molecule has 1 aromatic heterocycles. The first-order valence-corrected chi connectivity index (χ1v) is 9.15. The smallest absolute Gasteiger partial charge is 0.134 e. The van der Waals surface area contributed by atoms with Crippen LogP contribution in [-0.4, -0.2) is 30.3 Å². The maximum absolute atomic E-state index is 5.89. The summed E-state index contributed by atoms with van der Waals surface area (Å²) in [7, 11) is 1.73. The summed E-state index contributed by atoms with van der Waals surface area (Å²) in [6, 6.07) is 7.94. The minimum atomic E-state index is 0.414. The van der Waals surface area contributed by atoms with Gasteiger partial charge in [0.15, 0.2) is 0 Å². The summed E-state index contributed by atoms with van der Waals surface area (Å²) in [5.74, 6) is 4.38. The van der Waals surface area contributed by atoms with E-state index in [0.717, 1.165) is 41.3 Å². The van der Waals surface area contributed by atoms with Crippen molar-refractivity contribution in [2.45, 2.75) is 39.3 Å². The molecule has 0 N–H and O–H groups in total. The Morgan fingerprint density at radius 2 is 2.00 bits per heavy atom. The molecular weight excluding hydrogens is 316 g/mol. The number of aromatic nitrogens is 1. The fourth-order valence-corrected chi connectivity index (χ4v) is 4.31. The van der Waals surface area contributed by atoms with E-state index in [1.807, 2.05) is 25.1 Å². The third-order valence-electron chi connectivity index (χ3n) is 5.51. The molecule has 1 aromatic carbocycles. The highest BCUT2D eigenvalue weighted by molar-refractivity contribution is 5.40. The highest BCUT2D eigenvalue weighted by Gasteiger charge is 2.36. The molecule has 2 aromatic rings. The zero-order valence-corrected chi connectivity index (χ0v) is 15.0. The summed E-state index contributed by atoms with van der Waals surface area (Å²) in [4.78, 5) is 2.57. The standard InChI is InChI=1S/C20H26N2O3/c1-14-8-18(21-25-14)13-24-19-6-7-20(23-2)17(9-19)12-22-10-15-4-3-5-16(15)11-22/h6-9,15-16H,3-5,10-13H2,1-2H3/t15-,16+.